The fraction of sp³-hybridized carbons (Fsp3) is 0.619. The van der Waals surface area contributed by atoms with Gasteiger partial charge in [-0.3, -0.25) is 14.5 Å². The Hall–Kier alpha value is -3.40. The van der Waals surface area contributed by atoms with Crippen LogP contribution in [0.15, 0.2) is 12.7 Å². The molecule has 0 aromatic carbocycles. The topological polar surface area (TPSA) is 212 Å². The smallest absolute Gasteiger partial charge is 0.411 e. The van der Waals surface area contributed by atoms with Crippen molar-refractivity contribution >= 4 is 34.8 Å². The highest BCUT2D eigenvalue weighted by Crippen LogP contribution is 2.26. The number of aromatic nitrogens is 4. The average Bonchev–Trinajstić information content (AvgIpc) is 3.44. The van der Waals surface area contributed by atoms with Crippen LogP contribution in [0, 0.1) is 0 Å². The summed E-state index contributed by atoms with van der Waals surface area (Å²) >= 11 is 0. The van der Waals surface area contributed by atoms with E-state index in [4.69, 9.17) is 9.47 Å². The number of nitrogens with one attached hydrogen (secondary N) is 3. The molecule has 196 valence electrons. The maximum absolute atomic E-state index is 13.1. The minimum Gasteiger partial charge on any atom is -0.444 e. The number of likely N-dealkylation sites (tertiary alicyclic amines) is 1. The molecule has 0 spiro atoms. The lowest BCUT2D eigenvalue weighted by molar-refractivity contribution is -0.185. The molecule has 0 saturated carbocycles. The number of rotatable bonds is 5. The van der Waals surface area contributed by atoms with Crippen molar-refractivity contribution in [1.82, 2.24) is 30.2 Å². The molecule has 2 aliphatic rings. The maximum atomic E-state index is 13.1. The van der Waals surface area contributed by atoms with Gasteiger partial charge in [0.2, 0.25) is 5.91 Å². The van der Waals surface area contributed by atoms with E-state index in [1.54, 1.807) is 20.8 Å². The molecule has 2 saturated heterocycles. The van der Waals surface area contributed by atoms with E-state index in [-0.39, 0.29) is 24.6 Å². The van der Waals surface area contributed by atoms with E-state index in [1.807, 2.05) is 0 Å². The van der Waals surface area contributed by atoms with E-state index < -0.39 is 60.8 Å². The normalized spacial score (nSPS) is 28.8. The van der Waals surface area contributed by atoms with Gasteiger partial charge < -0.3 is 40.4 Å². The van der Waals surface area contributed by atoms with Crippen molar-refractivity contribution in [3.8, 4) is 0 Å². The molecular formula is C21H29N7O8. The number of carbonyl (C=O) groups excluding carboxylic acids is 3. The van der Waals surface area contributed by atoms with Crippen molar-refractivity contribution in [2.45, 2.75) is 69.4 Å². The molecular weight excluding hydrogens is 478 g/mol. The number of H-pyrrole nitrogens is 1. The molecule has 0 bridgehead atoms. The molecule has 4 heterocycles. The van der Waals surface area contributed by atoms with Crippen LogP contribution in [0.4, 0.5) is 10.6 Å². The van der Waals surface area contributed by atoms with Gasteiger partial charge in [-0.25, -0.2) is 19.7 Å². The minimum absolute atomic E-state index is 0.237. The number of ketones is 1. The number of aliphatic hydroxyl groups excluding tert-OH is 3. The zero-order chi connectivity index (χ0) is 26.2. The van der Waals surface area contributed by atoms with Crippen LogP contribution in [0.5, 0.6) is 0 Å². The second-order valence-electron chi connectivity index (χ2n) is 9.63. The van der Waals surface area contributed by atoms with Crippen molar-refractivity contribution in [3.05, 3.63) is 12.7 Å². The summed E-state index contributed by atoms with van der Waals surface area (Å²) in [5, 5.41) is 36.8. The van der Waals surface area contributed by atoms with E-state index in [0.29, 0.717) is 11.2 Å². The number of fused-ring (bicyclic) bond motifs is 1. The molecule has 0 radical (unpaired) electrons. The van der Waals surface area contributed by atoms with Crippen molar-refractivity contribution in [1.29, 1.82) is 0 Å². The van der Waals surface area contributed by atoms with E-state index in [1.165, 1.54) is 12.7 Å². The summed E-state index contributed by atoms with van der Waals surface area (Å²) in [6, 6.07) is -2.43. The third-order valence-electron chi connectivity index (χ3n) is 5.82. The molecule has 0 aliphatic carbocycles. The largest absolute Gasteiger partial charge is 0.444 e. The molecule has 15 heteroatoms. The quantitative estimate of drug-likeness (QED) is 0.266. The first-order valence-corrected chi connectivity index (χ1v) is 11.3. The Morgan fingerprint density at radius 3 is 2.69 bits per heavy atom. The highest BCUT2D eigenvalue weighted by Gasteiger charge is 2.48. The summed E-state index contributed by atoms with van der Waals surface area (Å²) in [5.74, 6) is -0.851. The zero-order valence-corrected chi connectivity index (χ0v) is 19.9. The van der Waals surface area contributed by atoms with Gasteiger partial charge in [0.05, 0.1) is 25.5 Å². The number of ether oxygens (including phenoxy) is 2. The van der Waals surface area contributed by atoms with E-state index in [0.717, 1.165) is 4.90 Å². The SMILES string of the molecule is CC(C)(C)OC(=O)N1CC(=O)C[C@H]1C(=O)N[C@@H]1[C@@H](O)[C@H](O)[C@@H](Nc2ncnc3nc[nH]c23)O[C@H]1CO. The van der Waals surface area contributed by atoms with Crippen LogP contribution in [0.2, 0.25) is 0 Å². The molecule has 6 N–H and O–H groups in total. The minimum atomic E-state index is -1.58. The van der Waals surface area contributed by atoms with Gasteiger partial charge in [0.15, 0.2) is 23.5 Å². The lowest BCUT2D eigenvalue weighted by Crippen LogP contribution is -2.67. The van der Waals surface area contributed by atoms with Crippen LogP contribution >= 0.6 is 0 Å². The third-order valence-corrected chi connectivity index (χ3v) is 5.82. The Balaban J connectivity index is 1.47. The number of aromatic amines is 1. The second-order valence-corrected chi connectivity index (χ2v) is 9.63. The van der Waals surface area contributed by atoms with E-state index in [9.17, 15) is 29.7 Å². The first kappa shape index (κ1) is 25.7. The average molecular weight is 508 g/mol. The molecule has 6 atom stereocenters. The Kier molecular flexibility index (Phi) is 7.08. The monoisotopic (exact) mass is 507 g/mol. The summed E-state index contributed by atoms with van der Waals surface area (Å²) in [6.45, 7) is 4.06. The predicted molar refractivity (Wildman–Crippen MR) is 121 cm³/mol. The number of carbonyl (C=O) groups is 3. The molecule has 2 fully saturated rings. The number of amides is 2. The highest BCUT2D eigenvalue weighted by atomic mass is 16.6. The Labute approximate surface area is 205 Å². The van der Waals surface area contributed by atoms with Gasteiger partial charge in [0.25, 0.3) is 0 Å². The van der Waals surface area contributed by atoms with Crippen LogP contribution in [0.3, 0.4) is 0 Å². The maximum Gasteiger partial charge on any atom is 0.411 e. The van der Waals surface area contributed by atoms with Gasteiger partial charge in [-0.05, 0) is 20.8 Å². The molecule has 2 aromatic rings. The molecule has 15 nitrogen and oxygen atoms in total. The van der Waals surface area contributed by atoms with Crippen LogP contribution in [0.1, 0.15) is 27.2 Å². The van der Waals surface area contributed by atoms with Gasteiger partial charge in [0.1, 0.15) is 41.8 Å². The number of Topliss-reactive ketones (excluding diaryl/α,β-unsaturated/α-hetero) is 1. The summed E-state index contributed by atoms with van der Waals surface area (Å²) in [5.41, 5.74) is -0.0359. The van der Waals surface area contributed by atoms with E-state index >= 15 is 0 Å². The lowest BCUT2D eigenvalue weighted by Gasteiger charge is -2.43. The first-order valence-electron chi connectivity index (χ1n) is 11.3. The van der Waals surface area contributed by atoms with Crippen LogP contribution in [-0.2, 0) is 19.1 Å². The molecule has 2 aromatic heterocycles. The molecule has 0 unspecified atom stereocenters. The van der Waals surface area contributed by atoms with Crippen molar-refractivity contribution in [3.63, 3.8) is 0 Å². The van der Waals surface area contributed by atoms with Gasteiger partial charge in [-0.1, -0.05) is 0 Å². The van der Waals surface area contributed by atoms with Crippen LogP contribution < -0.4 is 10.6 Å². The lowest BCUT2D eigenvalue weighted by atomic mass is 9.95. The number of imidazole rings is 1. The summed E-state index contributed by atoms with van der Waals surface area (Å²) in [4.78, 5) is 53.6. The Bertz CT molecular complexity index is 1130. The fourth-order valence-electron chi connectivity index (χ4n) is 4.13. The van der Waals surface area contributed by atoms with Gasteiger partial charge in [0, 0.05) is 6.42 Å². The predicted octanol–water partition coefficient (Wildman–Crippen LogP) is -1.73. The highest BCUT2D eigenvalue weighted by molar-refractivity contribution is 5.97. The Morgan fingerprint density at radius 2 is 2.00 bits per heavy atom. The summed E-state index contributed by atoms with van der Waals surface area (Å²) < 4.78 is 11.0. The number of hydrogen-bond donors (Lipinski definition) is 6. The second kappa shape index (κ2) is 9.93. The van der Waals surface area contributed by atoms with Crippen molar-refractivity contribution in [2.75, 3.05) is 18.5 Å². The van der Waals surface area contributed by atoms with Crippen molar-refractivity contribution < 1.29 is 39.2 Å². The third kappa shape index (κ3) is 5.23. The number of anilines is 1. The number of hydrogen-bond acceptors (Lipinski definition) is 12. The van der Waals surface area contributed by atoms with Gasteiger partial charge in [-0.2, -0.15) is 0 Å². The zero-order valence-electron chi connectivity index (χ0n) is 19.9. The molecule has 36 heavy (non-hydrogen) atoms. The van der Waals surface area contributed by atoms with E-state index in [2.05, 4.69) is 30.6 Å². The molecule has 2 amide bonds. The number of aliphatic hydroxyl groups is 3. The summed E-state index contributed by atoms with van der Waals surface area (Å²) in [6.07, 6.45) is -3.89. The number of nitrogens with zero attached hydrogens (tertiary/aromatic N) is 4. The first-order chi connectivity index (χ1) is 17.0. The van der Waals surface area contributed by atoms with Gasteiger partial charge in [-0.15, -0.1) is 0 Å². The standard InChI is InChI=1S/C21H29N7O8/c1-21(2,3)36-20(34)28-5-9(30)4-10(28)18(33)26-12-11(6-29)35-19(15(32)14(12)31)27-17-13-16(23-7-22-13)24-8-25-17/h7-8,10-12,14-15,19,29,31-32H,4-6H2,1-3H3,(H,26,33)(H2,22,23,24,25,27)/t10-,11-,12-,14+,15-,19-/m0/s1. The fourth-order valence-corrected chi connectivity index (χ4v) is 4.13. The van der Waals surface area contributed by atoms with Gasteiger partial charge >= 0.3 is 6.09 Å². The molecule has 2 aliphatic heterocycles. The van der Waals surface area contributed by atoms with Crippen molar-refractivity contribution in [2.24, 2.45) is 0 Å². The van der Waals surface area contributed by atoms with Crippen LogP contribution in [-0.4, -0.2) is 113 Å². The summed E-state index contributed by atoms with van der Waals surface area (Å²) in [7, 11) is 0. The van der Waals surface area contributed by atoms with Crippen LogP contribution in [0.25, 0.3) is 11.2 Å². The molecule has 4 rings (SSSR count). The Morgan fingerprint density at radius 1 is 1.25 bits per heavy atom.